The maximum Gasteiger partial charge on any atom is 0.257 e. The molecular weight excluding hydrogens is 192 g/mol. The third kappa shape index (κ3) is 3.30. The Morgan fingerprint density at radius 1 is 1.40 bits per heavy atom. The van der Waals surface area contributed by atoms with Gasteiger partial charge in [0.05, 0.1) is 18.9 Å². The van der Waals surface area contributed by atoms with E-state index in [-0.39, 0.29) is 5.91 Å². The van der Waals surface area contributed by atoms with E-state index in [1.165, 1.54) is 0 Å². The van der Waals surface area contributed by atoms with Crippen molar-refractivity contribution in [3.63, 3.8) is 0 Å². The second-order valence-electron chi connectivity index (χ2n) is 3.11. The Labute approximate surface area is 89.5 Å². The van der Waals surface area contributed by atoms with Gasteiger partial charge in [-0.2, -0.15) is 0 Å². The Hall–Kier alpha value is -1.46. The average molecular weight is 208 g/mol. The molecule has 0 radical (unpaired) electrons. The first-order chi connectivity index (χ1) is 7.29. The number of hydrogen-bond acceptors (Lipinski definition) is 4. The summed E-state index contributed by atoms with van der Waals surface area (Å²) >= 11 is 0. The molecule has 0 bridgehead atoms. The fourth-order valence-corrected chi connectivity index (χ4v) is 1.25. The van der Waals surface area contributed by atoms with E-state index < -0.39 is 0 Å². The van der Waals surface area contributed by atoms with E-state index in [1.54, 1.807) is 43.5 Å². The van der Waals surface area contributed by atoms with Gasteiger partial charge in [-0.1, -0.05) is 0 Å². The summed E-state index contributed by atoms with van der Waals surface area (Å²) in [6.45, 7) is 1.02. The van der Waals surface area contributed by atoms with Crippen LogP contribution >= 0.6 is 0 Å². The van der Waals surface area contributed by atoms with Gasteiger partial charge in [-0.25, -0.2) is 0 Å². The van der Waals surface area contributed by atoms with Crippen LogP contribution in [0.1, 0.15) is 10.4 Å². The highest BCUT2D eigenvalue weighted by Crippen LogP contribution is 2.00. The van der Waals surface area contributed by atoms with Crippen molar-refractivity contribution in [3.05, 3.63) is 30.1 Å². The molecule has 15 heavy (non-hydrogen) atoms. The van der Waals surface area contributed by atoms with Crippen LogP contribution in [0.25, 0.3) is 0 Å². The third-order valence-corrected chi connectivity index (χ3v) is 1.89. The van der Waals surface area contributed by atoms with Gasteiger partial charge in [0, 0.05) is 12.4 Å². The quantitative estimate of drug-likeness (QED) is 0.662. The largest absolute Gasteiger partial charge is 0.313 e. The molecule has 1 aromatic heterocycles. The first-order valence-corrected chi connectivity index (χ1v) is 4.78. The van der Waals surface area contributed by atoms with Crippen molar-refractivity contribution in [2.75, 3.05) is 27.4 Å². The lowest BCUT2D eigenvalue weighted by Gasteiger charge is -2.21. The lowest BCUT2D eigenvalue weighted by Crippen LogP contribution is -2.42. The van der Waals surface area contributed by atoms with Crippen molar-refractivity contribution in [1.29, 1.82) is 0 Å². The maximum absolute atomic E-state index is 11.9. The molecule has 1 amide bonds. The highest BCUT2D eigenvalue weighted by molar-refractivity contribution is 5.93. The molecule has 0 fully saturated rings. The number of rotatable bonds is 5. The number of pyridine rings is 1. The molecule has 1 rings (SSSR count). The summed E-state index contributed by atoms with van der Waals surface area (Å²) in [5.74, 6) is -0.0354. The minimum Gasteiger partial charge on any atom is -0.313 e. The molecule has 0 saturated heterocycles. The lowest BCUT2D eigenvalue weighted by molar-refractivity contribution is 0.0735. The molecule has 5 heteroatoms. The highest BCUT2D eigenvalue weighted by Gasteiger charge is 2.13. The van der Waals surface area contributed by atoms with Crippen molar-refractivity contribution >= 4 is 5.91 Å². The number of aromatic nitrogens is 1. The number of carbonyl (C=O) groups excluding carboxylic acids is 1. The van der Waals surface area contributed by atoms with Gasteiger partial charge in [-0.15, -0.1) is 0 Å². The Morgan fingerprint density at radius 3 is 2.53 bits per heavy atom. The van der Waals surface area contributed by atoms with Crippen LogP contribution in [0.15, 0.2) is 24.5 Å². The van der Waals surface area contributed by atoms with Gasteiger partial charge < -0.3 is 15.5 Å². The Kier molecular flexibility index (Phi) is 4.73. The topological polar surface area (TPSA) is 57.3 Å². The first-order valence-electron chi connectivity index (χ1n) is 4.78. The van der Waals surface area contributed by atoms with E-state index in [1.807, 2.05) is 0 Å². The molecule has 0 spiro atoms. The fraction of sp³-hybridized carbons (Fsp3) is 0.400. The van der Waals surface area contributed by atoms with Crippen molar-refractivity contribution in [2.45, 2.75) is 0 Å². The maximum atomic E-state index is 11.9. The molecule has 5 nitrogen and oxygen atoms in total. The van der Waals surface area contributed by atoms with Crippen LogP contribution in [-0.2, 0) is 0 Å². The van der Waals surface area contributed by atoms with Gasteiger partial charge in [0.1, 0.15) is 0 Å². The van der Waals surface area contributed by atoms with Crippen LogP contribution in [0.2, 0.25) is 0 Å². The number of hydrogen-bond donors (Lipinski definition) is 2. The summed E-state index contributed by atoms with van der Waals surface area (Å²) in [7, 11) is 3.61. The Balaban J connectivity index is 2.71. The smallest absolute Gasteiger partial charge is 0.257 e. The van der Waals surface area contributed by atoms with Gasteiger partial charge in [-0.3, -0.25) is 9.78 Å². The second-order valence-corrected chi connectivity index (χ2v) is 3.11. The van der Waals surface area contributed by atoms with Crippen LogP contribution in [0, 0.1) is 0 Å². The van der Waals surface area contributed by atoms with E-state index in [0.29, 0.717) is 18.9 Å². The highest BCUT2D eigenvalue weighted by atomic mass is 16.2. The monoisotopic (exact) mass is 208 g/mol. The number of carbonyl (C=O) groups is 1. The molecular formula is C10H16N4O. The molecule has 0 aliphatic rings. The SMILES string of the molecule is CNCN(CNC)C(=O)c1cccnc1. The molecule has 0 aliphatic carbocycles. The minimum atomic E-state index is -0.0354. The molecule has 82 valence electrons. The van der Waals surface area contributed by atoms with Crippen molar-refractivity contribution in [3.8, 4) is 0 Å². The summed E-state index contributed by atoms with van der Waals surface area (Å²) in [4.78, 5) is 17.5. The zero-order valence-corrected chi connectivity index (χ0v) is 9.03. The Bertz CT molecular complexity index is 296. The Morgan fingerprint density at radius 2 is 2.07 bits per heavy atom. The molecule has 0 aliphatic heterocycles. The molecule has 0 unspecified atom stereocenters. The van der Waals surface area contributed by atoms with Crippen LogP contribution in [0.4, 0.5) is 0 Å². The van der Waals surface area contributed by atoms with Crippen molar-refractivity contribution in [1.82, 2.24) is 20.5 Å². The molecule has 0 aromatic carbocycles. The molecule has 2 N–H and O–H groups in total. The molecule has 0 saturated carbocycles. The number of nitrogens with one attached hydrogen (secondary N) is 2. The second kappa shape index (κ2) is 6.10. The standard InChI is InChI=1S/C10H16N4O/c1-11-7-14(8-12-2)10(15)9-4-3-5-13-6-9/h3-6,11-12H,7-8H2,1-2H3. The fourth-order valence-electron chi connectivity index (χ4n) is 1.25. The molecule has 1 aromatic rings. The summed E-state index contributed by atoms with van der Waals surface area (Å²) in [6.07, 6.45) is 3.22. The van der Waals surface area contributed by atoms with E-state index in [2.05, 4.69) is 15.6 Å². The summed E-state index contributed by atoms with van der Waals surface area (Å²) < 4.78 is 0. The van der Waals surface area contributed by atoms with E-state index >= 15 is 0 Å². The van der Waals surface area contributed by atoms with Crippen molar-refractivity contribution in [2.24, 2.45) is 0 Å². The van der Waals surface area contributed by atoms with Gasteiger partial charge in [0.25, 0.3) is 5.91 Å². The minimum absolute atomic E-state index is 0.0354. The normalized spacial score (nSPS) is 10.0. The lowest BCUT2D eigenvalue weighted by atomic mass is 10.2. The summed E-state index contributed by atoms with van der Waals surface area (Å²) in [6, 6.07) is 3.51. The number of nitrogens with zero attached hydrogens (tertiary/aromatic N) is 2. The average Bonchev–Trinajstić information content (AvgIpc) is 2.29. The predicted molar refractivity (Wildman–Crippen MR) is 58.3 cm³/mol. The van der Waals surface area contributed by atoms with Gasteiger partial charge in [-0.05, 0) is 26.2 Å². The predicted octanol–water partition coefficient (Wildman–Crippen LogP) is -0.122. The van der Waals surface area contributed by atoms with Crippen LogP contribution in [0.3, 0.4) is 0 Å². The zero-order valence-electron chi connectivity index (χ0n) is 9.03. The summed E-state index contributed by atoms with van der Waals surface area (Å²) in [5, 5.41) is 5.90. The van der Waals surface area contributed by atoms with E-state index in [4.69, 9.17) is 0 Å². The molecule has 1 heterocycles. The van der Waals surface area contributed by atoms with E-state index in [0.717, 1.165) is 0 Å². The van der Waals surface area contributed by atoms with Crippen LogP contribution in [0.5, 0.6) is 0 Å². The number of amides is 1. The molecule has 0 atom stereocenters. The van der Waals surface area contributed by atoms with Gasteiger partial charge in [0.2, 0.25) is 0 Å². The zero-order chi connectivity index (χ0) is 11.1. The van der Waals surface area contributed by atoms with Gasteiger partial charge >= 0.3 is 0 Å². The van der Waals surface area contributed by atoms with Crippen molar-refractivity contribution < 1.29 is 4.79 Å². The van der Waals surface area contributed by atoms with E-state index in [9.17, 15) is 4.79 Å². The first kappa shape index (κ1) is 11.6. The van der Waals surface area contributed by atoms with Crippen LogP contribution < -0.4 is 10.6 Å². The third-order valence-electron chi connectivity index (χ3n) is 1.89. The summed E-state index contributed by atoms with van der Waals surface area (Å²) in [5.41, 5.74) is 0.600. The van der Waals surface area contributed by atoms with Crippen LogP contribution in [-0.4, -0.2) is 43.2 Å². The van der Waals surface area contributed by atoms with Gasteiger partial charge in [0.15, 0.2) is 0 Å².